The second-order valence-corrected chi connectivity index (χ2v) is 8.34. The Hall–Kier alpha value is -2.67. The summed E-state index contributed by atoms with van der Waals surface area (Å²) in [5, 5.41) is 2.94. The van der Waals surface area contributed by atoms with Crippen molar-refractivity contribution in [1.82, 2.24) is 14.9 Å². The van der Waals surface area contributed by atoms with Gasteiger partial charge in [-0.05, 0) is 42.9 Å². The number of rotatable bonds is 6. The van der Waals surface area contributed by atoms with E-state index >= 15 is 0 Å². The van der Waals surface area contributed by atoms with Crippen LogP contribution in [0, 0.1) is 5.92 Å². The number of hydrogen-bond acceptors (Lipinski definition) is 6. The molecule has 0 spiro atoms. The largest absolute Gasteiger partial charge is 0.486 e. The molecule has 0 saturated carbocycles. The number of ether oxygens (including phenoxy) is 2. The Morgan fingerprint density at radius 2 is 2.31 bits per heavy atom. The number of amides is 1. The molecule has 0 N–H and O–H groups in total. The standard InChI is InChI=1S/C22H25N3O3S/c1-16-5-2-6-17(11-16)13-28-22(26)25-10-4-8-20(25)21-24-18(15-29-21)14-27-19-7-3-9-23-12-19/h2-3,5-7,9,12,15-16,20H,4,8,10-11,13-14H2,1H3/t16?,20-/m0/s1. The number of carbonyl (C=O) groups is 1. The summed E-state index contributed by atoms with van der Waals surface area (Å²) in [4.78, 5) is 23.2. The van der Waals surface area contributed by atoms with Crippen LogP contribution in [0.5, 0.6) is 5.75 Å². The summed E-state index contributed by atoms with van der Waals surface area (Å²) in [6.45, 7) is 3.62. The number of aromatic nitrogens is 2. The summed E-state index contributed by atoms with van der Waals surface area (Å²) in [5.41, 5.74) is 2.02. The van der Waals surface area contributed by atoms with E-state index in [1.54, 1.807) is 23.7 Å². The van der Waals surface area contributed by atoms with E-state index in [4.69, 9.17) is 14.5 Å². The molecule has 1 fully saturated rings. The minimum atomic E-state index is -0.251. The maximum absolute atomic E-state index is 12.7. The van der Waals surface area contributed by atoms with Crippen molar-refractivity contribution in [3.63, 3.8) is 0 Å². The molecule has 1 saturated heterocycles. The smallest absolute Gasteiger partial charge is 0.410 e. The first kappa shape index (κ1) is 19.6. The van der Waals surface area contributed by atoms with E-state index in [0.29, 0.717) is 31.4 Å². The molecule has 4 rings (SSSR count). The van der Waals surface area contributed by atoms with E-state index in [1.165, 1.54) is 0 Å². The van der Waals surface area contributed by atoms with Crippen LogP contribution in [0.3, 0.4) is 0 Å². The molecular weight excluding hydrogens is 386 g/mol. The predicted molar refractivity (Wildman–Crippen MR) is 112 cm³/mol. The van der Waals surface area contributed by atoms with Crippen LogP contribution in [0.25, 0.3) is 0 Å². The summed E-state index contributed by atoms with van der Waals surface area (Å²) in [5.74, 6) is 1.21. The van der Waals surface area contributed by atoms with Crippen LogP contribution >= 0.6 is 11.3 Å². The minimum Gasteiger partial charge on any atom is -0.486 e. The van der Waals surface area contributed by atoms with Crippen LogP contribution in [0.4, 0.5) is 4.79 Å². The molecule has 3 heterocycles. The molecule has 6 nitrogen and oxygen atoms in total. The fourth-order valence-electron chi connectivity index (χ4n) is 3.65. The Balaban J connectivity index is 1.33. The first-order valence-electron chi connectivity index (χ1n) is 9.96. The molecule has 2 aromatic heterocycles. The lowest BCUT2D eigenvalue weighted by Crippen LogP contribution is -2.31. The monoisotopic (exact) mass is 411 g/mol. The highest BCUT2D eigenvalue weighted by Crippen LogP contribution is 2.34. The first-order valence-corrected chi connectivity index (χ1v) is 10.8. The Kier molecular flexibility index (Phi) is 6.24. The Labute approximate surface area is 174 Å². The van der Waals surface area contributed by atoms with E-state index in [-0.39, 0.29) is 12.1 Å². The maximum Gasteiger partial charge on any atom is 0.410 e. The van der Waals surface area contributed by atoms with E-state index < -0.39 is 0 Å². The van der Waals surface area contributed by atoms with Gasteiger partial charge in [0.1, 0.15) is 24.0 Å². The number of allylic oxidation sites excluding steroid dienone is 3. The van der Waals surface area contributed by atoms with Gasteiger partial charge in [-0.2, -0.15) is 0 Å². The van der Waals surface area contributed by atoms with Gasteiger partial charge in [0.05, 0.1) is 17.9 Å². The molecule has 2 atom stereocenters. The van der Waals surface area contributed by atoms with Crippen molar-refractivity contribution in [2.75, 3.05) is 13.2 Å². The molecule has 0 aromatic carbocycles. The predicted octanol–water partition coefficient (Wildman–Crippen LogP) is 4.91. The molecular formula is C22H25N3O3S. The second-order valence-electron chi connectivity index (χ2n) is 7.45. The molecule has 0 bridgehead atoms. The van der Waals surface area contributed by atoms with Crippen molar-refractivity contribution in [2.45, 2.75) is 38.8 Å². The van der Waals surface area contributed by atoms with Crippen LogP contribution in [0.15, 0.2) is 53.7 Å². The fourth-order valence-corrected chi connectivity index (χ4v) is 4.60. The van der Waals surface area contributed by atoms with Crippen LogP contribution in [0.2, 0.25) is 0 Å². The van der Waals surface area contributed by atoms with Gasteiger partial charge in [-0.3, -0.25) is 9.88 Å². The van der Waals surface area contributed by atoms with Gasteiger partial charge >= 0.3 is 6.09 Å². The van der Waals surface area contributed by atoms with Gasteiger partial charge in [0.2, 0.25) is 0 Å². The van der Waals surface area contributed by atoms with Crippen molar-refractivity contribution in [1.29, 1.82) is 0 Å². The number of pyridine rings is 1. The highest BCUT2D eigenvalue weighted by atomic mass is 32.1. The van der Waals surface area contributed by atoms with E-state index in [9.17, 15) is 4.79 Å². The summed E-state index contributed by atoms with van der Waals surface area (Å²) < 4.78 is 11.3. The highest BCUT2D eigenvalue weighted by molar-refractivity contribution is 7.09. The topological polar surface area (TPSA) is 64.5 Å². The third-order valence-corrected chi connectivity index (χ3v) is 6.09. The molecule has 2 aromatic rings. The zero-order valence-corrected chi connectivity index (χ0v) is 17.3. The summed E-state index contributed by atoms with van der Waals surface area (Å²) in [6, 6.07) is 3.69. The quantitative estimate of drug-likeness (QED) is 0.675. The average molecular weight is 412 g/mol. The van der Waals surface area contributed by atoms with Crippen molar-refractivity contribution in [3.8, 4) is 5.75 Å². The summed E-state index contributed by atoms with van der Waals surface area (Å²) in [6.07, 6.45) is 12.2. The average Bonchev–Trinajstić information content (AvgIpc) is 3.41. The lowest BCUT2D eigenvalue weighted by Gasteiger charge is -2.23. The third kappa shape index (κ3) is 5.03. The molecule has 1 amide bonds. The highest BCUT2D eigenvalue weighted by Gasteiger charge is 2.33. The van der Waals surface area contributed by atoms with Crippen molar-refractivity contribution in [2.24, 2.45) is 5.92 Å². The molecule has 7 heteroatoms. The van der Waals surface area contributed by atoms with E-state index in [2.05, 4.69) is 18.0 Å². The van der Waals surface area contributed by atoms with Crippen LogP contribution < -0.4 is 4.74 Å². The number of likely N-dealkylation sites (tertiary alicyclic amines) is 1. The molecule has 2 aliphatic rings. The second kappa shape index (κ2) is 9.22. The molecule has 152 valence electrons. The lowest BCUT2D eigenvalue weighted by molar-refractivity contribution is 0.105. The SMILES string of the molecule is CC1C=CC=C(COC(=O)N2CCC[C@H]2c2nc(COc3cccnc3)cs2)C1. The maximum atomic E-state index is 12.7. The number of thiazole rings is 1. The first-order chi connectivity index (χ1) is 14.2. The van der Waals surface area contributed by atoms with Gasteiger partial charge in [0.25, 0.3) is 0 Å². The Morgan fingerprint density at radius 1 is 1.38 bits per heavy atom. The van der Waals surface area contributed by atoms with Crippen molar-refractivity contribution < 1.29 is 14.3 Å². The lowest BCUT2D eigenvalue weighted by atomic mass is 9.97. The van der Waals surface area contributed by atoms with Crippen LogP contribution in [0.1, 0.15) is 42.9 Å². The fraction of sp³-hybridized carbons (Fsp3) is 0.409. The van der Waals surface area contributed by atoms with E-state index in [1.807, 2.05) is 34.6 Å². The number of nitrogens with zero attached hydrogens (tertiary/aromatic N) is 3. The molecule has 1 unspecified atom stereocenters. The van der Waals surface area contributed by atoms with Gasteiger partial charge in [-0.25, -0.2) is 9.78 Å². The molecule has 1 aliphatic carbocycles. The van der Waals surface area contributed by atoms with Crippen LogP contribution in [-0.4, -0.2) is 34.1 Å². The zero-order chi connectivity index (χ0) is 20.1. The van der Waals surface area contributed by atoms with Crippen molar-refractivity contribution >= 4 is 17.4 Å². The van der Waals surface area contributed by atoms with E-state index in [0.717, 1.165) is 35.5 Å². The molecule has 29 heavy (non-hydrogen) atoms. The summed E-state index contributed by atoms with van der Waals surface area (Å²) >= 11 is 1.57. The van der Waals surface area contributed by atoms with Crippen molar-refractivity contribution in [3.05, 3.63) is 64.4 Å². The third-order valence-electron chi connectivity index (χ3n) is 5.10. The minimum absolute atomic E-state index is 0.0150. The number of carbonyl (C=O) groups excluding carboxylic acids is 1. The number of hydrogen-bond donors (Lipinski definition) is 0. The Bertz CT molecular complexity index is 894. The summed E-state index contributed by atoms with van der Waals surface area (Å²) in [7, 11) is 0. The molecule has 0 radical (unpaired) electrons. The van der Waals surface area contributed by atoms with Gasteiger partial charge in [-0.1, -0.05) is 25.2 Å². The van der Waals surface area contributed by atoms with Gasteiger partial charge in [-0.15, -0.1) is 11.3 Å². The zero-order valence-electron chi connectivity index (χ0n) is 16.5. The van der Waals surface area contributed by atoms with Gasteiger partial charge in [0.15, 0.2) is 0 Å². The molecule has 1 aliphatic heterocycles. The Morgan fingerprint density at radius 3 is 3.14 bits per heavy atom. The normalized spacial score (nSPS) is 21.1. The van der Waals surface area contributed by atoms with Gasteiger partial charge in [0, 0.05) is 18.1 Å². The van der Waals surface area contributed by atoms with Crippen LogP contribution in [-0.2, 0) is 11.3 Å². The van der Waals surface area contributed by atoms with Gasteiger partial charge < -0.3 is 9.47 Å².